The summed E-state index contributed by atoms with van der Waals surface area (Å²) in [7, 11) is -0.650. The molecule has 3 unspecified atom stereocenters. The highest BCUT2D eigenvalue weighted by Gasteiger charge is 2.46. The first-order chi connectivity index (χ1) is 8.92. The van der Waals surface area contributed by atoms with E-state index in [1.54, 1.807) is 0 Å². The van der Waals surface area contributed by atoms with Crippen LogP contribution in [0.4, 0.5) is 0 Å². The largest absolute Gasteiger partial charge is 0.308 e. The third-order valence-electron chi connectivity index (χ3n) is 4.84. The molecule has 4 heteroatoms. The van der Waals surface area contributed by atoms with E-state index >= 15 is 0 Å². The van der Waals surface area contributed by atoms with Crippen molar-refractivity contribution in [3.63, 3.8) is 0 Å². The Labute approximate surface area is 121 Å². The van der Waals surface area contributed by atoms with Crippen LogP contribution in [0.2, 0.25) is 0 Å². The molecule has 1 aliphatic heterocycles. The molecular formula is C15H30N2OS. The Kier molecular flexibility index (Phi) is 5.07. The first-order valence-corrected chi connectivity index (χ1v) is 9.44. The van der Waals surface area contributed by atoms with Crippen LogP contribution < -0.4 is 5.32 Å². The Balaban J connectivity index is 1.94. The molecule has 19 heavy (non-hydrogen) atoms. The summed E-state index contributed by atoms with van der Waals surface area (Å²) in [5.41, 5.74) is 0.316. The fraction of sp³-hybridized carbons (Fsp3) is 1.00. The maximum atomic E-state index is 11.2. The number of rotatable bonds is 6. The van der Waals surface area contributed by atoms with E-state index in [2.05, 4.69) is 31.0 Å². The van der Waals surface area contributed by atoms with E-state index in [4.69, 9.17) is 0 Å². The number of nitrogens with zero attached hydrogens (tertiary/aromatic N) is 1. The van der Waals surface area contributed by atoms with Crippen LogP contribution in [-0.4, -0.2) is 52.3 Å². The van der Waals surface area contributed by atoms with Crippen LogP contribution in [0, 0.1) is 11.8 Å². The molecule has 0 spiro atoms. The molecule has 0 aromatic heterocycles. The fourth-order valence-corrected chi connectivity index (χ4v) is 3.96. The van der Waals surface area contributed by atoms with Gasteiger partial charge in [0.1, 0.15) is 0 Å². The van der Waals surface area contributed by atoms with E-state index in [1.165, 1.54) is 12.8 Å². The number of hydrogen-bond acceptors (Lipinski definition) is 3. The summed E-state index contributed by atoms with van der Waals surface area (Å²) in [6, 6.07) is 0.636. The normalized spacial score (nSPS) is 34.7. The zero-order valence-corrected chi connectivity index (χ0v) is 13.8. The molecule has 3 nitrogen and oxygen atoms in total. The second-order valence-electron chi connectivity index (χ2n) is 6.99. The molecule has 1 heterocycles. The molecule has 0 aromatic rings. The molecule has 3 atom stereocenters. The molecule has 112 valence electrons. The van der Waals surface area contributed by atoms with Crippen molar-refractivity contribution in [1.29, 1.82) is 0 Å². The Morgan fingerprint density at radius 3 is 2.63 bits per heavy atom. The topological polar surface area (TPSA) is 32.3 Å². The summed E-state index contributed by atoms with van der Waals surface area (Å²) in [5.74, 6) is 2.40. The van der Waals surface area contributed by atoms with Crippen molar-refractivity contribution < 1.29 is 4.21 Å². The lowest BCUT2D eigenvalue weighted by atomic mass is 9.88. The molecule has 0 amide bonds. The van der Waals surface area contributed by atoms with Gasteiger partial charge in [-0.2, -0.15) is 0 Å². The Bertz CT molecular complexity index is 330. The van der Waals surface area contributed by atoms with Gasteiger partial charge in [0.25, 0.3) is 0 Å². The van der Waals surface area contributed by atoms with E-state index in [0.29, 0.717) is 17.5 Å². The predicted octanol–water partition coefficient (Wildman–Crippen LogP) is 1.85. The van der Waals surface area contributed by atoms with Crippen LogP contribution in [0.3, 0.4) is 0 Å². The molecule has 1 N–H and O–H groups in total. The average molecular weight is 286 g/mol. The van der Waals surface area contributed by atoms with E-state index in [0.717, 1.165) is 37.7 Å². The summed E-state index contributed by atoms with van der Waals surface area (Å²) in [4.78, 5) is 2.66. The molecule has 1 saturated heterocycles. The third-order valence-corrected chi connectivity index (χ3v) is 5.70. The number of nitrogens with one attached hydrogen (secondary N) is 1. The maximum absolute atomic E-state index is 11.2. The van der Waals surface area contributed by atoms with Crippen LogP contribution in [0.5, 0.6) is 0 Å². The fourth-order valence-electron chi connectivity index (χ4n) is 3.43. The summed E-state index contributed by atoms with van der Waals surface area (Å²) in [5, 5.41) is 3.82. The monoisotopic (exact) mass is 286 g/mol. The van der Waals surface area contributed by atoms with Crippen molar-refractivity contribution in [3.8, 4) is 0 Å². The third kappa shape index (κ3) is 4.02. The van der Waals surface area contributed by atoms with Gasteiger partial charge in [-0.15, -0.1) is 0 Å². The number of piperazine rings is 1. The van der Waals surface area contributed by atoms with Crippen molar-refractivity contribution in [2.75, 3.05) is 31.6 Å². The van der Waals surface area contributed by atoms with Gasteiger partial charge < -0.3 is 5.32 Å². The lowest BCUT2D eigenvalue weighted by Crippen LogP contribution is -2.65. The molecule has 0 bridgehead atoms. The van der Waals surface area contributed by atoms with E-state index < -0.39 is 10.8 Å². The van der Waals surface area contributed by atoms with Gasteiger partial charge in [-0.3, -0.25) is 9.11 Å². The Morgan fingerprint density at radius 1 is 1.42 bits per heavy atom. The van der Waals surface area contributed by atoms with Gasteiger partial charge in [0.15, 0.2) is 0 Å². The van der Waals surface area contributed by atoms with Gasteiger partial charge in [-0.1, -0.05) is 13.8 Å². The second-order valence-corrected chi connectivity index (χ2v) is 8.54. The van der Waals surface area contributed by atoms with Crippen LogP contribution in [0.25, 0.3) is 0 Å². The van der Waals surface area contributed by atoms with Crippen LogP contribution in [-0.2, 0) is 10.8 Å². The molecule has 1 aliphatic carbocycles. The van der Waals surface area contributed by atoms with Crippen LogP contribution in [0.1, 0.15) is 40.0 Å². The minimum atomic E-state index is -0.650. The maximum Gasteiger partial charge on any atom is 0.0309 e. The first kappa shape index (κ1) is 15.5. The highest BCUT2D eigenvalue weighted by atomic mass is 32.2. The minimum Gasteiger partial charge on any atom is -0.308 e. The lowest BCUT2D eigenvalue weighted by Gasteiger charge is -2.48. The van der Waals surface area contributed by atoms with Gasteiger partial charge in [0.2, 0.25) is 0 Å². The zero-order chi connectivity index (χ0) is 14.0. The standard InChI is InChI=1S/C15H30N2OS/c1-12(2)14-10-16-15(3,13-6-7-13)11-17(14)8-5-9-19(4)18/h12-14,16H,5-11H2,1-4H3. The summed E-state index contributed by atoms with van der Waals surface area (Å²) in [6.07, 6.45) is 5.66. The van der Waals surface area contributed by atoms with Gasteiger partial charge in [0.05, 0.1) is 0 Å². The number of hydrogen-bond donors (Lipinski definition) is 1. The van der Waals surface area contributed by atoms with Crippen molar-refractivity contribution in [1.82, 2.24) is 10.2 Å². The van der Waals surface area contributed by atoms with Gasteiger partial charge in [-0.25, -0.2) is 0 Å². The molecule has 1 saturated carbocycles. The highest BCUT2D eigenvalue weighted by Crippen LogP contribution is 2.41. The van der Waals surface area contributed by atoms with Crippen molar-refractivity contribution in [2.45, 2.75) is 51.6 Å². The van der Waals surface area contributed by atoms with Gasteiger partial charge in [0, 0.05) is 47.5 Å². The van der Waals surface area contributed by atoms with Crippen molar-refractivity contribution in [3.05, 3.63) is 0 Å². The summed E-state index contributed by atoms with van der Waals surface area (Å²) in [6.45, 7) is 10.4. The van der Waals surface area contributed by atoms with Crippen LogP contribution in [0.15, 0.2) is 0 Å². The van der Waals surface area contributed by atoms with E-state index in [-0.39, 0.29) is 0 Å². The molecule has 0 aromatic carbocycles. The van der Waals surface area contributed by atoms with Gasteiger partial charge >= 0.3 is 0 Å². The quantitative estimate of drug-likeness (QED) is 0.809. The van der Waals surface area contributed by atoms with Crippen molar-refractivity contribution in [2.24, 2.45) is 11.8 Å². The molecule has 2 aliphatic rings. The second kappa shape index (κ2) is 6.23. The molecule has 0 radical (unpaired) electrons. The summed E-state index contributed by atoms with van der Waals surface area (Å²) >= 11 is 0. The Hall–Kier alpha value is 0.0700. The lowest BCUT2D eigenvalue weighted by molar-refractivity contribution is 0.0528. The summed E-state index contributed by atoms with van der Waals surface area (Å²) < 4.78 is 11.2. The van der Waals surface area contributed by atoms with Gasteiger partial charge in [-0.05, 0) is 44.6 Å². The molecule has 2 rings (SSSR count). The smallest absolute Gasteiger partial charge is 0.0309 e. The Morgan fingerprint density at radius 2 is 2.11 bits per heavy atom. The van der Waals surface area contributed by atoms with E-state index in [1.807, 2.05) is 6.26 Å². The van der Waals surface area contributed by atoms with E-state index in [9.17, 15) is 4.21 Å². The highest BCUT2D eigenvalue weighted by molar-refractivity contribution is 7.84. The SMILES string of the molecule is CC(C)C1CNC(C)(C2CC2)CN1CCCS(C)=O. The average Bonchev–Trinajstić information content (AvgIpc) is 3.12. The molecular weight excluding hydrogens is 256 g/mol. The zero-order valence-electron chi connectivity index (χ0n) is 12.9. The molecule has 2 fully saturated rings. The predicted molar refractivity (Wildman–Crippen MR) is 82.9 cm³/mol. The van der Waals surface area contributed by atoms with Crippen LogP contribution >= 0.6 is 0 Å². The first-order valence-electron chi connectivity index (χ1n) is 7.71. The minimum absolute atomic E-state index is 0.316. The van der Waals surface area contributed by atoms with Crippen molar-refractivity contribution >= 4 is 10.8 Å².